The molecule has 0 unspecified atom stereocenters. The highest BCUT2D eigenvalue weighted by atomic mass is 35.5. The van der Waals surface area contributed by atoms with Gasteiger partial charge in [0, 0.05) is 23.1 Å². The zero-order valence-corrected chi connectivity index (χ0v) is 10.2. The van der Waals surface area contributed by atoms with Crippen LogP contribution in [-0.4, -0.2) is 10.7 Å². The zero-order valence-electron chi connectivity index (χ0n) is 8.57. The van der Waals surface area contributed by atoms with Crippen molar-refractivity contribution >= 4 is 35.1 Å². The first kappa shape index (κ1) is 11.3. The molecule has 0 aliphatic carbocycles. The van der Waals surface area contributed by atoms with E-state index in [4.69, 9.17) is 11.6 Å². The summed E-state index contributed by atoms with van der Waals surface area (Å²) in [4.78, 5) is 4.22. The van der Waals surface area contributed by atoms with E-state index in [1.807, 2.05) is 24.3 Å². The fourth-order valence-electron chi connectivity index (χ4n) is 1.40. The monoisotopic (exact) mass is 247 g/mol. The summed E-state index contributed by atoms with van der Waals surface area (Å²) in [6.45, 7) is 0. The fourth-order valence-corrected chi connectivity index (χ4v) is 1.66. The van der Waals surface area contributed by atoms with Crippen molar-refractivity contribution in [2.45, 2.75) is 6.42 Å². The lowest BCUT2D eigenvalue weighted by molar-refractivity contribution is 1.31. The maximum absolute atomic E-state index is 5.81. The first-order valence-corrected chi connectivity index (χ1v) is 5.97. The predicted molar refractivity (Wildman–Crippen MR) is 72.1 cm³/mol. The Bertz CT molecular complexity index is 569. The molecular weight excluding hydrogens is 238 g/mol. The SMILES string of the molecule is SCCC#Cc1ccc2nc(Cl)ccc2c1. The van der Waals surface area contributed by atoms with Crippen LogP contribution in [-0.2, 0) is 0 Å². The number of fused-ring (bicyclic) bond motifs is 1. The van der Waals surface area contributed by atoms with E-state index in [-0.39, 0.29) is 0 Å². The highest BCUT2D eigenvalue weighted by Gasteiger charge is 1.96. The molecule has 0 amide bonds. The molecule has 3 heteroatoms. The van der Waals surface area contributed by atoms with Gasteiger partial charge in [0.15, 0.2) is 0 Å². The van der Waals surface area contributed by atoms with Crippen LogP contribution in [0.25, 0.3) is 10.9 Å². The summed E-state index contributed by atoms with van der Waals surface area (Å²) in [5.41, 5.74) is 1.89. The van der Waals surface area contributed by atoms with Crippen molar-refractivity contribution in [2.75, 3.05) is 5.75 Å². The smallest absolute Gasteiger partial charge is 0.129 e. The van der Waals surface area contributed by atoms with Gasteiger partial charge >= 0.3 is 0 Å². The van der Waals surface area contributed by atoms with Crippen LogP contribution in [0.1, 0.15) is 12.0 Å². The molecule has 0 aliphatic rings. The summed E-state index contributed by atoms with van der Waals surface area (Å²) >= 11 is 9.92. The standard InChI is InChI=1S/C13H10ClNS/c14-13-7-5-11-9-10(3-1-2-8-16)4-6-12(11)15-13/h4-7,9,16H,2,8H2. The van der Waals surface area contributed by atoms with Gasteiger partial charge in [0.2, 0.25) is 0 Å². The third-order valence-electron chi connectivity index (χ3n) is 2.12. The second kappa shape index (κ2) is 5.25. The summed E-state index contributed by atoms with van der Waals surface area (Å²) in [7, 11) is 0. The van der Waals surface area contributed by atoms with Crippen LogP contribution >= 0.6 is 24.2 Å². The largest absolute Gasteiger partial charge is 0.236 e. The van der Waals surface area contributed by atoms with E-state index >= 15 is 0 Å². The van der Waals surface area contributed by atoms with Crippen LogP contribution in [0.3, 0.4) is 0 Å². The molecule has 1 heterocycles. The summed E-state index contributed by atoms with van der Waals surface area (Å²) in [6.07, 6.45) is 0.806. The maximum atomic E-state index is 5.81. The minimum atomic E-state index is 0.515. The van der Waals surface area contributed by atoms with E-state index in [1.165, 1.54) is 0 Å². The molecule has 16 heavy (non-hydrogen) atoms. The zero-order chi connectivity index (χ0) is 11.4. The topological polar surface area (TPSA) is 12.9 Å². The number of pyridine rings is 1. The van der Waals surface area contributed by atoms with Gasteiger partial charge in [-0.15, -0.1) is 0 Å². The summed E-state index contributed by atoms with van der Waals surface area (Å²) in [5.74, 6) is 6.94. The normalized spacial score (nSPS) is 9.88. The van der Waals surface area contributed by atoms with E-state index in [1.54, 1.807) is 6.07 Å². The van der Waals surface area contributed by atoms with E-state index in [9.17, 15) is 0 Å². The Hall–Kier alpha value is -1.17. The lowest BCUT2D eigenvalue weighted by Gasteiger charge is -1.98. The van der Waals surface area contributed by atoms with Gasteiger partial charge in [0.05, 0.1) is 5.52 Å². The Morgan fingerprint density at radius 3 is 2.94 bits per heavy atom. The second-order valence-corrected chi connectivity index (χ2v) is 4.15. The minimum Gasteiger partial charge on any atom is -0.236 e. The third kappa shape index (κ3) is 2.69. The quantitative estimate of drug-likeness (QED) is 0.462. The molecule has 0 radical (unpaired) electrons. The molecule has 1 aromatic heterocycles. The number of hydrogen-bond acceptors (Lipinski definition) is 2. The average molecular weight is 248 g/mol. The average Bonchev–Trinajstić information content (AvgIpc) is 2.29. The van der Waals surface area contributed by atoms with Crippen LogP contribution < -0.4 is 0 Å². The van der Waals surface area contributed by atoms with Gasteiger partial charge in [-0.25, -0.2) is 4.98 Å². The predicted octanol–water partition coefficient (Wildman–Crippen LogP) is 3.56. The molecule has 0 aliphatic heterocycles. The lowest BCUT2D eigenvalue weighted by atomic mass is 10.1. The minimum absolute atomic E-state index is 0.515. The molecule has 0 bridgehead atoms. The second-order valence-electron chi connectivity index (χ2n) is 3.32. The Morgan fingerprint density at radius 2 is 2.12 bits per heavy atom. The Balaban J connectivity index is 2.38. The van der Waals surface area contributed by atoms with Crippen LogP contribution in [0, 0.1) is 11.8 Å². The molecule has 0 atom stereocenters. The van der Waals surface area contributed by atoms with E-state index < -0.39 is 0 Å². The first-order chi connectivity index (χ1) is 7.79. The van der Waals surface area contributed by atoms with E-state index in [0.717, 1.165) is 28.6 Å². The lowest BCUT2D eigenvalue weighted by Crippen LogP contribution is -1.81. The number of benzene rings is 1. The highest BCUT2D eigenvalue weighted by Crippen LogP contribution is 2.16. The molecule has 0 fully saturated rings. The fraction of sp³-hybridized carbons (Fsp3) is 0.154. The Kier molecular flexibility index (Phi) is 3.71. The number of rotatable bonds is 1. The van der Waals surface area contributed by atoms with Crippen molar-refractivity contribution in [2.24, 2.45) is 0 Å². The molecule has 0 saturated heterocycles. The van der Waals surface area contributed by atoms with Gasteiger partial charge in [-0.1, -0.05) is 23.4 Å². The summed E-state index contributed by atoms with van der Waals surface area (Å²) < 4.78 is 0. The number of aromatic nitrogens is 1. The van der Waals surface area contributed by atoms with Gasteiger partial charge in [-0.05, 0) is 30.3 Å². The highest BCUT2D eigenvalue weighted by molar-refractivity contribution is 7.80. The number of nitrogens with zero attached hydrogens (tertiary/aromatic N) is 1. The van der Waals surface area contributed by atoms with E-state index in [2.05, 4.69) is 29.5 Å². The van der Waals surface area contributed by atoms with Crippen LogP contribution in [0.15, 0.2) is 30.3 Å². The van der Waals surface area contributed by atoms with Crippen molar-refractivity contribution in [1.29, 1.82) is 0 Å². The van der Waals surface area contributed by atoms with Crippen LogP contribution in [0.4, 0.5) is 0 Å². The van der Waals surface area contributed by atoms with E-state index in [0.29, 0.717) is 5.15 Å². The molecular formula is C13H10ClNS. The van der Waals surface area contributed by atoms with Crippen molar-refractivity contribution in [3.05, 3.63) is 41.0 Å². The van der Waals surface area contributed by atoms with Crippen LogP contribution in [0.5, 0.6) is 0 Å². The Morgan fingerprint density at radius 1 is 1.25 bits per heavy atom. The van der Waals surface area contributed by atoms with Gasteiger partial charge in [-0.3, -0.25) is 0 Å². The molecule has 1 aromatic carbocycles. The van der Waals surface area contributed by atoms with Gasteiger partial charge in [0.25, 0.3) is 0 Å². The molecule has 0 spiro atoms. The third-order valence-corrected chi connectivity index (χ3v) is 2.56. The van der Waals surface area contributed by atoms with Gasteiger partial charge < -0.3 is 0 Å². The van der Waals surface area contributed by atoms with Crippen molar-refractivity contribution in [3.63, 3.8) is 0 Å². The molecule has 0 saturated carbocycles. The van der Waals surface area contributed by atoms with Crippen molar-refractivity contribution < 1.29 is 0 Å². The maximum Gasteiger partial charge on any atom is 0.129 e. The summed E-state index contributed by atoms with van der Waals surface area (Å²) in [5, 5.41) is 1.57. The van der Waals surface area contributed by atoms with Gasteiger partial charge in [-0.2, -0.15) is 12.6 Å². The van der Waals surface area contributed by atoms with Crippen molar-refractivity contribution in [3.8, 4) is 11.8 Å². The molecule has 0 N–H and O–H groups in total. The van der Waals surface area contributed by atoms with Crippen molar-refractivity contribution in [1.82, 2.24) is 4.98 Å². The number of halogens is 1. The number of thiol groups is 1. The number of hydrogen-bond donors (Lipinski definition) is 1. The van der Waals surface area contributed by atoms with Gasteiger partial charge in [0.1, 0.15) is 5.15 Å². The molecule has 80 valence electrons. The molecule has 2 rings (SSSR count). The Labute approximate surface area is 105 Å². The molecule has 1 nitrogen and oxygen atoms in total. The first-order valence-electron chi connectivity index (χ1n) is 4.95. The summed E-state index contributed by atoms with van der Waals surface area (Å²) in [6, 6.07) is 9.65. The molecule has 2 aromatic rings. The van der Waals surface area contributed by atoms with Crippen LogP contribution in [0.2, 0.25) is 5.15 Å².